The minimum Gasteiger partial charge on any atom is -0.378 e. The molecule has 0 spiro atoms. The minimum atomic E-state index is -0.0898. The van der Waals surface area contributed by atoms with Crippen LogP contribution in [-0.2, 0) is 11.3 Å². The normalized spacial score (nSPS) is 22.6. The summed E-state index contributed by atoms with van der Waals surface area (Å²) in [6.45, 7) is 3.69. The van der Waals surface area contributed by atoms with E-state index in [0.29, 0.717) is 5.02 Å². The highest BCUT2D eigenvalue weighted by molar-refractivity contribution is 6.31. The van der Waals surface area contributed by atoms with Crippen molar-refractivity contribution in [3.05, 3.63) is 16.9 Å². The third-order valence-electron chi connectivity index (χ3n) is 3.27. The standard InChI is InChI=1S/C12H20ClN3O/c1-2-16-12(10(13)8-15-16)11(14)7-9-5-3-4-6-17-9/h8-9,11H,2-7,14H2,1H3. The molecule has 1 aliphatic heterocycles. The molecule has 2 unspecified atom stereocenters. The quantitative estimate of drug-likeness (QED) is 0.902. The summed E-state index contributed by atoms with van der Waals surface area (Å²) in [6, 6.07) is -0.0898. The first kappa shape index (κ1) is 12.9. The van der Waals surface area contributed by atoms with Gasteiger partial charge in [0, 0.05) is 13.2 Å². The fraction of sp³-hybridized carbons (Fsp3) is 0.750. The van der Waals surface area contributed by atoms with Crippen molar-refractivity contribution in [3.63, 3.8) is 0 Å². The molecule has 0 saturated carbocycles. The molecular formula is C12H20ClN3O. The number of ether oxygens (including phenoxy) is 1. The molecule has 0 aliphatic carbocycles. The van der Waals surface area contributed by atoms with E-state index in [4.69, 9.17) is 22.1 Å². The highest BCUT2D eigenvalue weighted by Crippen LogP contribution is 2.27. The summed E-state index contributed by atoms with van der Waals surface area (Å²) in [4.78, 5) is 0. The molecule has 2 rings (SSSR count). The van der Waals surface area contributed by atoms with Gasteiger partial charge in [0.25, 0.3) is 0 Å². The first-order valence-corrected chi connectivity index (χ1v) is 6.68. The molecule has 96 valence electrons. The molecule has 1 saturated heterocycles. The van der Waals surface area contributed by atoms with Gasteiger partial charge in [-0.05, 0) is 32.6 Å². The summed E-state index contributed by atoms with van der Waals surface area (Å²) >= 11 is 6.13. The summed E-state index contributed by atoms with van der Waals surface area (Å²) in [5, 5.41) is 4.87. The zero-order valence-corrected chi connectivity index (χ0v) is 11.0. The molecule has 4 nitrogen and oxygen atoms in total. The van der Waals surface area contributed by atoms with Gasteiger partial charge in [-0.1, -0.05) is 11.6 Å². The summed E-state index contributed by atoms with van der Waals surface area (Å²) in [5.41, 5.74) is 7.16. The first-order chi connectivity index (χ1) is 8.22. The van der Waals surface area contributed by atoms with E-state index in [1.807, 2.05) is 11.6 Å². The van der Waals surface area contributed by atoms with Crippen LogP contribution in [0.3, 0.4) is 0 Å². The fourth-order valence-corrected chi connectivity index (χ4v) is 2.66. The Morgan fingerprint density at radius 2 is 2.47 bits per heavy atom. The van der Waals surface area contributed by atoms with Crippen molar-refractivity contribution >= 4 is 11.6 Å². The van der Waals surface area contributed by atoms with Crippen molar-refractivity contribution in [1.82, 2.24) is 9.78 Å². The second-order valence-corrected chi connectivity index (χ2v) is 4.93. The Kier molecular flexibility index (Phi) is 4.42. The lowest BCUT2D eigenvalue weighted by Crippen LogP contribution is -2.26. The number of nitrogens with two attached hydrogens (primary N) is 1. The van der Waals surface area contributed by atoms with Crippen molar-refractivity contribution in [2.75, 3.05) is 6.61 Å². The van der Waals surface area contributed by atoms with E-state index in [-0.39, 0.29) is 12.1 Å². The van der Waals surface area contributed by atoms with Crippen molar-refractivity contribution in [1.29, 1.82) is 0 Å². The van der Waals surface area contributed by atoms with Crippen LogP contribution >= 0.6 is 11.6 Å². The van der Waals surface area contributed by atoms with Crippen molar-refractivity contribution in [2.24, 2.45) is 5.73 Å². The molecule has 1 fully saturated rings. The van der Waals surface area contributed by atoms with Crippen LogP contribution in [0, 0.1) is 0 Å². The molecule has 2 heterocycles. The van der Waals surface area contributed by atoms with E-state index in [9.17, 15) is 0 Å². The van der Waals surface area contributed by atoms with Crippen LogP contribution in [0.2, 0.25) is 5.02 Å². The summed E-state index contributed by atoms with van der Waals surface area (Å²) in [7, 11) is 0. The molecule has 0 bridgehead atoms. The van der Waals surface area contributed by atoms with Gasteiger partial charge in [-0.25, -0.2) is 0 Å². The average Bonchev–Trinajstić information content (AvgIpc) is 2.71. The molecule has 0 radical (unpaired) electrons. The molecular weight excluding hydrogens is 238 g/mol. The lowest BCUT2D eigenvalue weighted by molar-refractivity contribution is 0.00687. The zero-order valence-electron chi connectivity index (χ0n) is 10.2. The number of hydrogen-bond acceptors (Lipinski definition) is 3. The molecule has 1 aromatic heterocycles. The Morgan fingerprint density at radius 3 is 3.12 bits per heavy atom. The third-order valence-corrected chi connectivity index (χ3v) is 3.57. The third kappa shape index (κ3) is 3.00. The van der Waals surface area contributed by atoms with E-state index < -0.39 is 0 Å². The predicted octanol–water partition coefficient (Wildman–Crippen LogP) is 2.52. The fourth-order valence-electron chi connectivity index (χ4n) is 2.38. The summed E-state index contributed by atoms with van der Waals surface area (Å²) < 4.78 is 7.58. The largest absolute Gasteiger partial charge is 0.378 e. The second-order valence-electron chi connectivity index (χ2n) is 4.52. The van der Waals surface area contributed by atoms with E-state index in [1.54, 1.807) is 6.20 Å². The van der Waals surface area contributed by atoms with Gasteiger partial charge >= 0.3 is 0 Å². The first-order valence-electron chi connectivity index (χ1n) is 6.30. The van der Waals surface area contributed by atoms with Crippen molar-refractivity contribution in [3.8, 4) is 0 Å². The molecule has 0 aromatic carbocycles. The highest BCUT2D eigenvalue weighted by atomic mass is 35.5. The molecule has 2 atom stereocenters. The van der Waals surface area contributed by atoms with E-state index in [1.165, 1.54) is 12.8 Å². The molecule has 2 N–H and O–H groups in total. The van der Waals surface area contributed by atoms with Crippen molar-refractivity contribution < 1.29 is 4.74 Å². The van der Waals surface area contributed by atoms with Gasteiger partial charge in [-0.3, -0.25) is 4.68 Å². The molecule has 17 heavy (non-hydrogen) atoms. The highest BCUT2D eigenvalue weighted by Gasteiger charge is 2.22. The predicted molar refractivity (Wildman–Crippen MR) is 68.0 cm³/mol. The second kappa shape index (κ2) is 5.85. The zero-order chi connectivity index (χ0) is 12.3. The summed E-state index contributed by atoms with van der Waals surface area (Å²) in [6.07, 6.45) is 6.27. The maximum Gasteiger partial charge on any atom is 0.0834 e. The topological polar surface area (TPSA) is 53.1 Å². The Bertz CT molecular complexity index is 361. The molecule has 0 amide bonds. The SMILES string of the molecule is CCn1ncc(Cl)c1C(N)CC1CCCCO1. The van der Waals surface area contributed by atoms with E-state index in [2.05, 4.69) is 5.10 Å². The van der Waals surface area contributed by atoms with Gasteiger partial charge in [-0.15, -0.1) is 0 Å². The number of nitrogens with zero attached hydrogens (tertiary/aromatic N) is 2. The van der Waals surface area contributed by atoms with Crippen LogP contribution in [0.25, 0.3) is 0 Å². The Labute approximate surface area is 107 Å². The number of aromatic nitrogens is 2. The number of rotatable bonds is 4. The van der Waals surface area contributed by atoms with Gasteiger partial charge in [0.15, 0.2) is 0 Å². The maximum atomic E-state index is 6.22. The van der Waals surface area contributed by atoms with Gasteiger partial charge in [0.2, 0.25) is 0 Å². The van der Waals surface area contributed by atoms with Crippen LogP contribution < -0.4 is 5.73 Å². The molecule has 5 heteroatoms. The maximum absolute atomic E-state index is 6.22. The smallest absolute Gasteiger partial charge is 0.0834 e. The molecule has 1 aliphatic rings. The van der Waals surface area contributed by atoms with Gasteiger partial charge in [0.05, 0.1) is 29.1 Å². The Morgan fingerprint density at radius 1 is 1.65 bits per heavy atom. The van der Waals surface area contributed by atoms with Crippen LogP contribution in [0.5, 0.6) is 0 Å². The van der Waals surface area contributed by atoms with Gasteiger partial charge in [0.1, 0.15) is 0 Å². The van der Waals surface area contributed by atoms with Crippen molar-refractivity contribution in [2.45, 2.75) is 51.3 Å². The van der Waals surface area contributed by atoms with Gasteiger partial charge < -0.3 is 10.5 Å². The number of halogens is 1. The molecule has 1 aromatic rings. The van der Waals surface area contributed by atoms with Crippen LogP contribution in [0.4, 0.5) is 0 Å². The number of hydrogen-bond donors (Lipinski definition) is 1. The number of aryl methyl sites for hydroxylation is 1. The van der Waals surface area contributed by atoms with Gasteiger partial charge in [-0.2, -0.15) is 5.10 Å². The van der Waals surface area contributed by atoms with E-state index in [0.717, 1.165) is 31.7 Å². The van der Waals surface area contributed by atoms with Crippen LogP contribution in [0.1, 0.15) is 44.3 Å². The lowest BCUT2D eigenvalue weighted by Gasteiger charge is -2.25. The Hall–Kier alpha value is -0.580. The average molecular weight is 258 g/mol. The summed E-state index contributed by atoms with van der Waals surface area (Å²) in [5.74, 6) is 0. The van der Waals surface area contributed by atoms with E-state index >= 15 is 0 Å². The van der Waals surface area contributed by atoms with Crippen LogP contribution in [0.15, 0.2) is 6.20 Å². The van der Waals surface area contributed by atoms with Crippen LogP contribution in [-0.4, -0.2) is 22.5 Å². The Balaban J connectivity index is 2.02. The monoisotopic (exact) mass is 257 g/mol. The lowest BCUT2D eigenvalue weighted by atomic mass is 10.0. The minimum absolute atomic E-state index is 0.0898.